The molecule has 4 heterocycles. The zero-order valence-electron chi connectivity index (χ0n) is 19.9. The number of nitrogens with zero attached hydrogens (tertiary/aromatic N) is 6. The summed E-state index contributed by atoms with van der Waals surface area (Å²) in [5.41, 5.74) is 9.28. The van der Waals surface area contributed by atoms with Crippen molar-refractivity contribution in [2.75, 3.05) is 12.3 Å². The molecule has 3 N–H and O–H groups in total. The molecule has 1 aromatic carbocycles. The number of aryl methyl sites for hydroxylation is 1. The summed E-state index contributed by atoms with van der Waals surface area (Å²) >= 11 is 0. The van der Waals surface area contributed by atoms with E-state index < -0.39 is 17.3 Å². The van der Waals surface area contributed by atoms with Crippen LogP contribution in [-0.2, 0) is 12.1 Å². The molecule has 1 amide bonds. The number of amides is 1. The van der Waals surface area contributed by atoms with Crippen LogP contribution in [0.5, 0.6) is 0 Å². The molecular formula is C25H26FN7O2. The SMILES string of the molecule is CCN(Cc1cn2cc(C(C)(C)O)ccc2n1)C(=O)c1cc2c(cc1F)nc(N)c1c(C)ncn12. The minimum Gasteiger partial charge on any atom is -0.386 e. The van der Waals surface area contributed by atoms with Crippen molar-refractivity contribution in [3.05, 3.63) is 71.3 Å². The Labute approximate surface area is 200 Å². The Morgan fingerprint density at radius 2 is 2.00 bits per heavy atom. The molecule has 0 unspecified atom stereocenters. The fourth-order valence-corrected chi connectivity index (χ4v) is 4.28. The molecule has 4 aromatic heterocycles. The van der Waals surface area contributed by atoms with Crippen LogP contribution in [0.1, 0.15) is 48.1 Å². The first-order valence-electron chi connectivity index (χ1n) is 11.3. The number of hydrogen-bond acceptors (Lipinski definition) is 6. The third kappa shape index (κ3) is 3.85. The number of imidazole rings is 2. The van der Waals surface area contributed by atoms with E-state index in [2.05, 4.69) is 15.0 Å². The monoisotopic (exact) mass is 475 g/mol. The second-order valence-electron chi connectivity index (χ2n) is 9.16. The van der Waals surface area contributed by atoms with E-state index in [0.29, 0.717) is 40.1 Å². The van der Waals surface area contributed by atoms with Gasteiger partial charge < -0.3 is 20.1 Å². The molecule has 180 valence electrons. The lowest BCUT2D eigenvalue weighted by Gasteiger charge is -2.20. The van der Waals surface area contributed by atoms with Crippen molar-refractivity contribution >= 4 is 33.9 Å². The molecule has 0 aliphatic carbocycles. The molecular weight excluding hydrogens is 449 g/mol. The number of aromatic nitrogens is 5. The minimum absolute atomic E-state index is 0.0633. The molecule has 0 spiro atoms. The summed E-state index contributed by atoms with van der Waals surface area (Å²) in [7, 11) is 0. The van der Waals surface area contributed by atoms with Crippen molar-refractivity contribution in [1.82, 2.24) is 28.7 Å². The second kappa shape index (κ2) is 8.02. The van der Waals surface area contributed by atoms with Gasteiger partial charge in [0.2, 0.25) is 0 Å². The quantitative estimate of drug-likeness (QED) is 0.402. The number of anilines is 1. The highest BCUT2D eigenvalue weighted by molar-refractivity contribution is 5.98. The summed E-state index contributed by atoms with van der Waals surface area (Å²) < 4.78 is 18.6. The van der Waals surface area contributed by atoms with E-state index in [0.717, 1.165) is 5.56 Å². The van der Waals surface area contributed by atoms with E-state index in [1.807, 2.05) is 42.8 Å². The number of nitrogen functional groups attached to an aromatic ring is 1. The van der Waals surface area contributed by atoms with Crippen LogP contribution in [0, 0.1) is 12.7 Å². The van der Waals surface area contributed by atoms with Crippen LogP contribution in [0.4, 0.5) is 10.2 Å². The average Bonchev–Trinajstić information content (AvgIpc) is 3.39. The number of carbonyl (C=O) groups is 1. The number of carbonyl (C=O) groups excluding carboxylic acids is 1. The van der Waals surface area contributed by atoms with Gasteiger partial charge in [-0.15, -0.1) is 0 Å². The summed E-state index contributed by atoms with van der Waals surface area (Å²) in [5, 5.41) is 10.3. The number of fused-ring (bicyclic) bond motifs is 4. The van der Waals surface area contributed by atoms with Gasteiger partial charge in [0.05, 0.1) is 40.1 Å². The Morgan fingerprint density at radius 1 is 1.23 bits per heavy atom. The van der Waals surface area contributed by atoms with Gasteiger partial charge in [-0.3, -0.25) is 9.20 Å². The van der Waals surface area contributed by atoms with Crippen LogP contribution in [0.2, 0.25) is 0 Å². The maximum absolute atomic E-state index is 15.1. The Hall–Kier alpha value is -4.05. The number of benzene rings is 1. The van der Waals surface area contributed by atoms with Crippen LogP contribution in [0.15, 0.2) is 43.0 Å². The summed E-state index contributed by atoms with van der Waals surface area (Å²) in [5.74, 6) is -0.877. The van der Waals surface area contributed by atoms with Crippen LogP contribution in [-0.4, -0.2) is 46.2 Å². The maximum Gasteiger partial charge on any atom is 0.257 e. The molecule has 5 rings (SSSR count). The minimum atomic E-state index is -0.990. The number of hydrogen-bond donors (Lipinski definition) is 2. The number of nitrogens with two attached hydrogens (primary N) is 1. The van der Waals surface area contributed by atoms with E-state index in [9.17, 15) is 9.90 Å². The molecule has 35 heavy (non-hydrogen) atoms. The molecule has 9 nitrogen and oxygen atoms in total. The van der Waals surface area contributed by atoms with E-state index in [4.69, 9.17) is 5.73 Å². The van der Waals surface area contributed by atoms with Crippen LogP contribution < -0.4 is 5.73 Å². The standard InChI is InChI=1S/C25H26FN7O2/c1-5-31(11-16-12-32-10-15(25(3,4)35)6-7-21(32)29-16)24(34)17-8-20-19(9-18(17)26)30-23(27)22-14(2)28-13-33(20)22/h6-10,12-13,35H,5,11H2,1-4H3,(H2,27,30). The molecule has 0 saturated heterocycles. The largest absolute Gasteiger partial charge is 0.386 e. The van der Waals surface area contributed by atoms with Gasteiger partial charge in [-0.1, -0.05) is 6.07 Å². The predicted octanol–water partition coefficient (Wildman–Crippen LogP) is 3.45. The zero-order valence-corrected chi connectivity index (χ0v) is 19.9. The molecule has 10 heteroatoms. The molecule has 0 bridgehead atoms. The molecule has 0 atom stereocenters. The summed E-state index contributed by atoms with van der Waals surface area (Å²) in [6.45, 7) is 7.63. The van der Waals surface area contributed by atoms with Crippen molar-refractivity contribution in [2.45, 2.75) is 39.8 Å². The van der Waals surface area contributed by atoms with Gasteiger partial charge in [0, 0.05) is 25.0 Å². The van der Waals surface area contributed by atoms with Gasteiger partial charge in [0.1, 0.15) is 29.1 Å². The molecule has 0 aliphatic heterocycles. The third-order valence-corrected chi connectivity index (χ3v) is 6.22. The Bertz CT molecular complexity index is 1610. The fraction of sp³-hybridized carbons (Fsp3) is 0.280. The van der Waals surface area contributed by atoms with Crippen molar-refractivity contribution < 1.29 is 14.3 Å². The number of pyridine rings is 1. The van der Waals surface area contributed by atoms with Gasteiger partial charge in [0.25, 0.3) is 5.91 Å². The average molecular weight is 476 g/mol. The maximum atomic E-state index is 15.1. The van der Waals surface area contributed by atoms with Crippen LogP contribution >= 0.6 is 0 Å². The molecule has 0 aliphatic rings. The Balaban J connectivity index is 1.51. The fourth-order valence-electron chi connectivity index (χ4n) is 4.28. The first-order valence-corrected chi connectivity index (χ1v) is 11.3. The highest BCUT2D eigenvalue weighted by Gasteiger charge is 2.23. The van der Waals surface area contributed by atoms with Gasteiger partial charge in [-0.2, -0.15) is 0 Å². The number of halogens is 1. The molecule has 0 saturated carbocycles. The van der Waals surface area contributed by atoms with E-state index in [1.54, 1.807) is 24.6 Å². The summed E-state index contributed by atoms with van der Waals surface area (Å²) in [4.78, 5) is 28.1. The van der Waals surface area contributed by atoms with Crippen molar-refractivity contribution in [3.63, 3.8) is 0 Å². The van der Waals surface area contributed by atoms with Gasteiger partial charge in [0.15, 0.2) is 0 Å². The lowest BCUT2D eigenvalue weighted by atomic mass is 10.0. The van der Waals surface area contributed by atoms with Crippen LogP contribution in [0.25, 0.3) is 22.2 Å². The highest BCUT2D eigenvalue weighted by Crippen LogP contribution is 2.26. The van der Waals surface area contributed by atoms with Crippen molar-refractivity contribution in [1.29, 1.82) is 0 Å². The van der Waals surface area contributed by atoms with Gasteiger partial charge in [-0.25, -0.2) is 19.3 Å². The lowest BCUT2D eigenvalue weighted by molar-refractivity contribution is 0.0745. The molecule has 0 fully saturated rings. The molecule has 0 radical (unpaired) electrons. The van der Waals surface area contributed by atoms with Crippen molar-refractivity contribution in [3.8, 4) is 0 Å². The van der Waals surface area contributed by atoms with Gasteiger partial charge in [-0.05, 0) is 45.4 Å². The third-order valence-electron chi connectivity index (χ3n) is 6.22. The zero-order chi connectivity index (χ0) is 25.1. The Morgan fingerprint density at radius 3 is 2.71 bits per heavy atom. The number of aliphatic hydroxyl groups is 1. The number of rotatable bonds is 5. The second-order valence-corrected chi connectivity index (χ2v) is 9.16. The van der Waals surface area contributed by atoms with E-state index >= 15 is 4.39 Å². The first kappa shape index (κ1) is 22.7. The Kier molecular flexibility index (Phi) is 5.21. The smallest absolute Gasteiger partial charge is 0.257 e. The van der Waals surface area contributed by atoms with Crippen LogP contribution in [0.3, 0.4) is 0 Å². The normalized spacial score (nSPS) is 12.2. The lowest BCUT2D eigenvalue weighted by Crippen LogP contribution is -2.31. The first-order chi connectivity index (χ1) is 16.6. The van der Waals surface area contributed by atoms with E-state index in [-0.39, 0.29) is 17.9 Å². The highest BCUT2D eigenvalue weighted by atomic mass is 19.1. The van der Waals surface area contributed by atoms with Gasteiger partial charge >= 0.3 is 0 Å². The predicted molar refractivity (Wildman–Crippen MR) is 130 cm³/mol. The summed E-state index contributed by atoms with van der Waals surface area (Å²) in [6, 6.07) is 6.35. The molecule has 5 aromatic rings. The topological polar surface area (TPSA) is 114 Å². The van der Waals surface area contributed by atoms with E-state index in [1.165, 1.54) is 17.0 Å². The van der Waals surface area contributed by atoms with Crippen molar-refractivity contribution in [2.24, 2.45) is 0 Å². The summed E-state index contributed by atoms with van der Waals surface area (Å²) in [6.07, 6.45) is 5.21.